The monoisotopic (exact) mass is 500 g/mol. The predicted molar refractivity (Wildman–Crippen MR) is 140 cm³/mol. The molecule has 180 valence electrons. The molecule has 1 aromatic heterocycles. The van der Waals surface area contributed by atoms with Gasteiger partial charge in [0, 0.05) is 36.8 Å². The number of aryl methyl sites for hydroxylation is 1. The molecule has 3 aromatic rings. The maximum absolute atomic E-state index is 6.10. The first-order valence-electron chi connectivity index (χ1n) is 11.3. The smallest absolute Gasteiger partial charge is 0.163 e. The molecule has 1 unspecified atom stereocenters. The third kappa shape index (κ3) is 4.95. The lowest BCUT2D eigenvalue weighted by Crippen LogP contribution is -2.37. The molecule has 0 bridgehead atoms. The van der Waals surface area contributed by atoms with E-state index in [4.69, 9.17) is 26.4 Å². The van der Waals surface area contributed by atoms with Gasteiger partial charge in [-0.1, -0.05) is 29.9 Å². The van der Waals surface area contributed by atoms with E-state index in [9.17, 15) is 0 Å². The minimum absolute atomic E-state index is 0. The molecular formula is C25H29ClN4O3S. The fourth-order valence-corrected chi connectivity index (χ4v) is 4.88. The van der Waals surface area contributed by atoms with Crippen LogP contribution in [0.25, 0.3) is 10.9 Å². The van der Waals surface area contributed by atoms with Gasteiger partial charge in [-0.3, -0.25) is 4.90 Å². The second-order valence-electron chi connectivity index (χ2n) is 8.45. The summed E-state index contributed by atoms with van der Waals surface area (Å²) in [6, 6.07) is 10.2. The van der Waals surface area contributed by atoms with Gasteiger partial charge >= 0.3 is 0 Å². The largest absolute Gasteiger partial charge is 0.493 e. The highest BCUT2D eigenvalue weighted by Gasteiger charge is 2.31. The van der Waals surface area contributed by atoms with Crippen LogP contribution in [0.4, 0.5) is 5.69 Å². The number of anilines is 1. The van der Waals surface area contributed by atoms with Crippen molar-refractivity contribution >= 4 is 46.2 Å². The van der Waals surface area contributed by atoms with Crippen molar-refractivity contribution in [3.8, 4) is 11.5 Å². The van der Waals surface area contributed by atoms with Crippen LogP contribution in [-0.4, -0.2) is 66.4 Å². The van der Waals surface area contributed by atoms with Crippen molar-refractivity contribution in [1.29, 1.82) is 0 Å². The van der Waals surface area contributed by atoms with Crippen molar-refractivity contribution in [2.24, 2.45) is 0 Å². The maximum Gasteiger partial charge on any atom is 0.163 e. The molecule has 34 heavy (non-hydrogen) atoms. The summed E-state index contributed by atoms with van der Waals surface area (Å²) in [7, 11) is 1.66. The van der Waals surface area contributed by atoms with Gasteiger partial charge in [-0.15, -0.1) is 12.4 Å². The third-order valence-electron chi connectivity index (χ3n) is 6.24. The second kappa shape index (κ2) is 10.8. The molecule has 0 amide bonds. The lowest BCUT2D eigenvalue weighted by atomic mass is 9.93. The number of ether oxygens (including phenoxy) is 3. The molecule has 3 heterocycles. The lowest BCUT2D eigenvalue weighted by molar-refractivity contribution is 0.0357. The molecule has 2 aliphatic heterocycles. The van der Waals surface area contributed by atoms with E-state index in [1.807, 2.05) is 12.1 Å². The van der Waals surface area contributed by atoms with Gasteiger partial charge in [0.05, 0.1) is 49.0 Å². The Morgan fingerprint density at radius 1 is 1.15 bits per heavy atom. The Morgan fingerprint density at radius 3 is 2.76 bits per heavy atom. The van der Waals surface area contributed by atoms with E-state index in [0.29, 0.717) is 18.1 Å². The van der Waals surface area contributed by atoms with Crippen molar-refractivity contribution in [2.45, 2.75) is 19.3 Å². The zero-order valence-corrected chi connectivity index (χ0v) is 21.0. The SMILES string of the molecule is COc1cc2c(C3C(=S)Nc4ccc(C)cc43)ncnc2cc1OCCCN1CCOCC1.Cl. The number of rotatable bonds is 7. The van der Waals surface area contributed by atoms with Gasteiger partial charge in [0.1, 0.15) is 6.33 Å². The molecule has 0 spiro atoms. The average Bonchev–Trinajstić information content (AvgIpc) is 3.16. The fraction of sp³-hybridized carbons (Fsp3) is 0.400. The summed E-state index contributed by atoms with van der Waals surface area (Å²) < 4.78 is 17.2. The van der Waals surface area contributed by atoms with E-state index >= 15 is 0 Å². The van der Waals surface area contributed by atoms with Crippen LogP contribution < -0.4 is 14.8 Å². The van der Waals surface area contributed by atoms with Crippen LogP contribution in [0.2, 0.25) is 0 Å². The average molecular weight is 501 g/mol. The van der Waals surface area contributed by atoms with Crippen LogP contribution in [0.3, 0.4) is 0 Å². The van der Waals surface area contributed by atoms with Gasteiger partial charge in [-0.05, 0) is 31.0 Å². The minimum atomic E-state index is -0.120. The van der Waals surface area contributed by atoms with Gasteiger partial charge in [0.25, 0.3) is 0 Å². The Labute approximate surface area is 211 Å². The maximum atomic E-state index is 6.10. The summed E-state index contributed by atoms with van der Waals surface area (Å²) in [6.45, 7) is 7.29. The van der Waals surface area contributed by atoms with Crippen LogP contribution >= 0.6 is 24.6 Å². The molecule has 1 N–H and O–H groups in total. The van der Waals surface area contributed by atoms with E-state index in [0.717, 1.165) is 72.1 Å². The summed E-state index contributed by atoms with van der Waals surface area (Å²) in [4.78, 5) is 12.3. The number of nitrogens with zero attached hydrogens (tertiary/aromatic N) is 3. The van der Waals surface area contributed by atoms with Gasteiger partial charge in [-0.25, -0.2) is 9.97 Å². The van der Waals surface area contributed by atoms with Crippen LogP contribution in [0, 0.1) is 6.92 Å². The molecule has 1 fully saturated rings. The van der Waals surface area contributed by atoms with Crippen molar-refractivity contribution in [3.63, 3.8) is 0 Å². The zero-order valence-electron chi connectivity index (χ0n) is 19.4. The molecular weight excluding hydrogens is 472 g/mol. The van der Waals surface area contributed by atoms with E-state index in [2.05, 4.69) is 45.3 Å². The van der Waals surface area contributed by atoms with Crippen LogP contribution in [0.1, 0.15) is 29.2 Å². The number of hydrogen-bond acceptors (Lipinski definition) is 7. The summed E-state index contributed by atoms with van der Waals surface area (Å²) >= 11 is 5.71. The van der Waals surface area contributed by atoms with E-state index < -0.39 is 0 Å². The fourth-order valence-electron chi connectivity index (χ4n) is 4.53. The second-order valence-corrected chi connectivity index (χ2v) is 8.89. The number of aromatic nitrogens is 2. The first-order valence-corrected chi connectivity index (χ1v) is 11.7. The van der Waals surface area contributed by atoms with E-state index in [-0.39, 0.29) is 18.3 Å². The van der Waals surface area contributed by atoms with Crippen molar-refractivity contribution in [3.05, 3.63) is 53.5 Å². The number of methoxy groups -OCH3 is 1. The Kier molecular flexibility index (Phi) is 7.83. The minimum Gasteiger partial charge on any atom is -0.493 e. The summed E-state index contributed by atoms with van der Waals surface area (Å²) in [5.41, 5.74) is 5.05. The molecule has 9 heteroatoms. The summed E-state index contributed by atoms with van der Waals surface area (Å²) in [6.07, 6.45) is 2.54. The highest BCUT2D eigenvalue weighted by atomic mass is 35.5. The van der Waals surface area contributed by atoms with E-state index in [1.165, 1.54) is 5.56 Å². The van der Waals surface area contributed by atoms with Crippen LogP contribution in [0.15, 0.2) is 36.7 Å². The molecule has 1 saturated heterocycles. The Morgan fingerprint density at radius 2 is 1.97 bits per heavy atom. The zero-order chi connectivity index (χ0) is 22.8. The van der Waals surface area contributed by atoms with Gasteiger partial charge in [-0.2, -0.15) is 0 Å². The highest BCUT2D eigenvalue weighted by molar-refractivity contribution is 7.80. The number of benzene rings is 2. The molecule has 0 saturated carbocycles. The third-order valence-corrected chi connectivity index (χ3v) is 6.58. The Hall–Kier alpha value is -2.52. The van der Waals surface area contributed by atoms with Gasteiger partial charge < -0.3 is 19.5 Å². The summed E-state index contributed by atoms with van der Waals surface area (Å²) in [5, 5.41) is 4.26. The highest BCUT2D eigenvalue weighted by Crippen LogP contribution is 2.41. The Bertz CT molecular complexity index is 1190. The van der Waals surface area contributed by atoms with Crippen molar-refractivity contribution in [2.75, 3.05) is 51.9 Å². The topological polar surface area (TPSA) is 68.7 Å². The van der Waals surface area contributed by atoms with E-state index in [1.54, 1.807) is 13.4 Å². The molecule has 1 atom stereocenters. The van der Waals surface area contributed by atoms with Gasteiger partial charge in [0.2, 0.25) is 0 Å². The molecule has 2 aromatic carbocycles. The standard InChI is InChI=1S/C25H28N4O3S.ClH/c1-16-4-5-19-17(12-16)23(25(33)28-19)24-18-13-21(30-2)22(14-20(18)26-15-27-24)32-9-3-6-29-7-10-31-11-8-29;/h4-5,12-15,23H,3,6-11H2,1-2H3,(H,28,33);1H. The van der Waals surface area contributed by atoms with Crippen LogP contribution in [-0.2, 0) is 4.74 Å². The summed E-state index contributed by atoms with van der Waals surface area (Å²) in [5.74, 6) is 1.25. The quantitative estimate of drug-likeness (QED) is 0.379. The number of morpholine rings is 1. The van der Waals surface area contributed by atoms with Crippen molar-refractivity contribution < 1.29 is 14.2 Å². The van der Waals surface area contributed by atoms with Crippen molar-refractivity contribution in [1.82, 2.24) is 14.9 Å². The molecule has 5 rings (SSSR count). The van der Waals surface area contributed by atoms with Crippen LogP contribution in [0.5, 0.6) is 11.5 Å². The molecule has 2 aliphatic rings. The number of nitrogens with one attached hydrogen (secondary N) is 1. The normalized spacial score (nSPS) is 17.7. The lowest BCUT2D eigenvalue weighted by Gasteiger charge is -2.26. The number of fused-ring (bicyclic) bond motifs is 2. The Balaban J connectivity index is 0.00000274. The van der Waals surface area contributed by atoms with Gasteiger partial charge in [0.15, 0.2) is 11.5 Å². The molecule has 7 nitrogen and oxygen atoms in total. The predicted octanol–water partition coefficient (Wildman–Crippen LogP) is 4.35. The first kappa shape index (κ1) is 24.6. The molecule has 0 aliphatic carbocycles. The number of thiocarbonyl (C=S) groups is 1. The number of hydrogen-bond donors (Lipinski definition) is 1. The molecule has 0 radical (unpaired) electrons. The first-order chi connectivity index (χ1) is 16.1. The number of halogens is 1.